The van der Waals surface area contributed by atoms with Gasteiger partial charge in [-0.25, -0.2) is 0 Å². The average Bonchev–Trinajstić information content (AvgIpc) is 3.07. The predicted octanol–water partition coefficient (Wildman–Crippen LogP) is 4.17. The van der Waals surface area contributed by atoms with E-state index in [0.717, 1.165) is 33.0 Å². The van der Waals surface area contributed by atoms with Gasteiger partial charge in [-0.05, 0) is 65.2 Å². The second-order valence-corrected chi connectivity index (χ2v) is 6.19. The minimum atomic E-state index is 0.430. The van der Waals surface area contributed by atoms with Gasteiger partial charge in [0, 0.05) is 16.1 Å². The van der Waals surface area contributed by atoms with E-state index in [4.69, 9.17) is 4.74 Å². The molecule has 92 valence electrons. The van der Waals surface area contributed by atoms with Crippen molar-refractivity contribution in [3.05, 3.63) is 34.9 Å². The van der Waals surface area contributed by atoms with E-state index in [1.807, 2.05) is 24.4 Å². The molecule has 3 unspecified atom stereocenters. The summed E-state index contributed by atoms with van der Waals surface area (Å²) >= 11 is 3.55. The summed E-state index contributed by atoms with van der Waals surface area (Å²) in [6, 6.07) is 8.13. The van der Waals surface area contributed by atoms with Gasteiger partial charge in [-0.15, -0.1) is 0 Å². The lowest BCUT2D eigenvalue weighted by molar-refractivity contribution is 0.188. The fraction of sp³-hybridized carbons (Fsp3) is 0.400. The highest BCUT2D eigenvalue weighted by atomic mass is 79.9. The minimum Gasteiger partial charge on any atom is -0.489 e. The molecule has 0 saturated heterocycles. The molecule has 0 radical (unpaired) electrons. The Bertz CT molecular complexity index is 612. The van der Waals surface area contributed by atoms with Crippen LogP contribution in [0, 0.1) is 11.8 Å². The summed E-state index contributed by atoms with van der Waals surface area (Å²) in [5, 5.41) is 1.11. The topological polar surface area (TPSA) is 22.1 Å². The molecule has 0 amide bonds. The van der Waals surface area contributed by atoms with Crippen LogP contribution in [0.25, 0.3) is 10.9 Å². The van der Waals surface area contributed by atoms with Crippen molar-refractivity contribution in [2.24, 2.45) is 11.8 Å². The number of benzene rings is 1. The molecule has 2 aliphatic rings. The molecule has 2 aromatic rings. The molecule has 1 heterocycles. The predicted molar refractivity (Wildman–Crippen MR) is 74.7 cm³/mol. The highest BCUT2D eigenvalue weighted by Gasteiger charge is 2.49. The molecule has 1 aromatic carbocycles. The Kier molecular flexibility index (Phi) is 2.37. The Morgan fingerprint density at radius 3 is 2.94 bits per heavy atom. The first-order valence-corrected chi connectivity index (χ1v) is 7.32. The van der Waals surface area contributed by atoms with Crippen molar-refractivity contribution < 1.29 is 4.74 Å². The van der Waals surface area contributed by atoms with Crippen LogP contribution in [0.5, 0.6) is 5.75 Å². The summed E-state index contributed by atoms with van der Waals surface area (Å²) in [6.45, 7) is 0. The zero-order valence-electron chi connectivity index (χ0n) is 9.97. The van der Waals surface area contributed by atoms with Crippen LogP contribution in [-0.4, -0.2) is 11.1 Å². The van der Waals surface area contributed by atoms with Gasteiger partial charge in [-0.2, -0.15) is 0 Å². The lowest BCUT2D eigenvalue weighted by atomic mass is 10.2. The standard InChI is InChI=1S/C15H14BrNO/c16-12-3-1-2-10-14(6-7-17-15(10)12)18-13-5-4-9-8-11(9)13/h1-3,6-7,9,11,13H,4-5,8H2. The maximum absolute atomic E-state index is 6.24. The quantitative estimate of drug-likeness (QED) is 0.830. The molecular formula is C15H14BrNO. The number of hydrogen-bond donors (Lipinski definition) is 0. The Balaban J connectivity index is 1.73. The SMILES string of the molecule is Brc1cccc2c(OC3CCC4CC43)ccnc12. The third-order valence-electron chi connectivity index (χ3n) is 4.24. The van der Waals surface area contributed by atoms with Crippen LogP contribution >= 0.6 is 15.9 Å². The number of pyridine rings is 1. The highest BCUT2D eigenvalue weighted by Crippen LogP contribution is 2.53. The number of para-hydroxylation sites is 1. The van der Waals surface area contributed by atoms with Crippen LogP contribution in [-0.2, 0) is 0 Å². The van der Waals surface area contributed by atoms with Gasteiger partial charge < -0.3 is 4.74 Å². The summed E-state index contributed by atoms with van der Waals surface area (Å²) in [7, 11) is 0. The van der Waals surface area contributed by atoms with Crippen LogP contribution in [0.4, 0.5) is 0 Å². The van der Waals surface area contributed by atoms with E-state index in [9.17, 15) is 0 Å². The van der Waals surface area contributed by atoms with E-state index >= 15 is 0 Å². The largest absolute Gasteiger partial charge is 0.489 e. The van der Waals surface area contributed by atoms with E-state index in [1.165, 1.54) is 19.3 Å². The number of fused-ring (bicyclic) bond motifs is 2. The fourth-order valence-corrected chi connectivity index (χ4v) is 3.65. The van der Waals surface area contributed by atoms with Crippen LogP contribution in [0.2, 0.25) is 0 Å². The smallest absolute Gasteiger partial charge is 0.130 e. The van der Waals surface area contributed by atoms with Crippen LogP contribution in [0.15, 0.2) is 34.9 Å². The van der Waals surface area contributed by atoms with E-state index < -0.39 is 0 Å². The Hall–Kier alpha value is -1.09. The molecule has 4 rings (SSSR count). The first kappa shape index (κ1) is 10.8. The lowest BCUT2D eigenvalue weighted by Crippen LogP contribution is -2.15. The van der Waals surface area contributed by atoms with Crippen molar-refractivity contribution in [3.8, 4) is 5.75 Å². The molecule has 18 heavy (non-hydrogen) atoms. The Morgan fingerprint density at radius 2 is 2.17 bits per heavy atom. The fourth-order valence-electron chi connectivity index (χ4n) is 3.18. The second kappa shape index (κ2) is 3.95. The Morgan fingerprint density at radius 1 is 1.22 bits per heavy atom. The summed E-state index contributed by atoms with van der Waals surface area (Å²) in [5.41, 5.74) is 0.986. The number of rotatable bonds is 2. The second-order valence-electron chi connectivity index (χ2n) is 5.34. The van der Waals surface area contributed by atoms with Crippen molar-refractivity contribution in [2.45, 2.75) is 25.4 Å². The number of halogens is 1. The van der Waals surface area contributed by atoms with Crippen molar-refractivity contribution in [1.29, 1.82) is 0 Å². The third-order valence-corrected chi connectivity index (χ3v) is 4.88. The maximum Gasteiger partial charge on any atom is 0.130 e. The van der Waals surface area contributed by atoms with Crippen molar-refractivity contribution in [3.63, 3.8) is 0 Å². The van der Waals surface area contributed by atoms with Gasteiger partial charge in [-0.1, -0.05) is 6.07 Å². The lowest BCUT2D eigenvalue weighted by Gasteiger charge is -2.16. The van der Waals surface area contributed by atoms with Crippen LogP contribution in [0.3, 0.4) is 0 Å². The Labute approximate surface area is 114 Å². The molecule has 1 aromatic heterocycles. The zero-order chi connectivity index (χ0) is 12.1. The monoisotopic (exact) mass is 303 g/mol. The average molecular weight is 304 g/mol. The van der Waals surface area contributed by atoms with Crippen molar-refractivity contribution in [2.75, 3.05) is 0 Å². The molecular weight excluding hydrogens is 290 g/mol. The summed E-state index contributed by atoms with van der Waals surface area (Å²) in [4.78, 5) is 4.42. The summed E-state index contributed by atoms with van der Waals surface area (Å²) < 4.78 is 7.27. The van der Waals surface area contributed by atoms with E-state index in [0.29, 0.717) is 6.10 Å². The third kappa shape index (κ3) is 1.64. The van der Waals surface area contributed by atoms with Gasteiger partial charge in [0.1, 0.15) is 11.9 Å². The molecule has 0 aliphatic heterocycles. The molecule has 2 saturated carbocycles. The number of hydrogen-bond acceptors (Lipinski definition) is 2. The molecule has 3 atom stereocenters. The first-order chi connectivity index (χ1) is 8.83. The van der Waals surface area contributed by atoms with E-state index in [-0.39, 0.29) is 0 Å². The van der Waals surface area contributed by atoms with Gasteiger partial charge in [-0.3, -0.25) is 4.98 Å². The van der Waals surface area contributed by atoms with Crippen molar-refractivity contribution >= 4 is 26.8 Å². The molecule has 0 bridgehead atoms. The zero-order valence-corrected chi connectivity index (χ0v) is 11.6. The molecule has 2 fully saturated rings. The summed E-state index contributed by atoms with van der Waals surface area (Å²) in [5.74, 6) is 2.76. The van der Waals surface area contributed by atoms with Gasteiger partial charge in [0.15, 0.2) is 0 Å². The van der Waals surface area contributed by atoms with E-state index in [2.05, 4.69) is 27.0 Å². The molecule has 2 aliphatic carbocycles. The molecule has 0 N–H and O–H groups in total. The summed E-state index contributed by atoms with van der Waals surface area (Å²) in [6.07, 6.45) is 6.20. The number of nitrogens with zero attached hydrogens (tertiary/aromatic N) is 1. The maximum atomic E-state index is 6.24. The van der Waals surface area contributed by atoms with Crippen LogP contribution < -0.4 is 4.74 Å². The van der Waals surface area contributed by atoms with Gasteiger partial charge in [0.2, 0.25) is 0 Å². The molecule has 2 nitrogen and oxygen atoms in total. The van der Waals surface area contributed by atoms with Gasteiger partial charge in [0.05, 0.1) is 5.52 Å². The van der Waals surface area contributed by atoms with E-state index in [1.54, 1.807) is 0 Å². The normalized spacial score (nSPS) is 29.3. The first-order valence-electron chi connectivity index (χ1n) is 6.53. The minimum absolute atomic E-state index is 0.430. The van der Waals surface area contributed by atoms with Crippen molar-refractivity contribution in [1.82, 2.24) is 4.98 Å². The molecule has 0 spiro atoms. The van der Waals surface area contributed by atoms with Crippen LogP contribution in [0.1, 0.15) is 19.3 Å². The number of ether oxygens (including phenoxy) is 1. The molecule has 3 heteroatoms. The highest BCUT2D eigenvalue weighted by molar-refractivity contribution is 9.10. The van der Waals surface area contributed by atoms with Gasteiger partial charge in [0.25, 0.3) is 0 Å². The number of aromatic nitrogens is 1. The van der Waals surface area contributed by atoms with Gasteiger partial charge >= 0.3 is 0 Å².